The van der Waals surface area contributed by atoms with E-state index in [0.717, 1.165) is 36.8 Å². The van der Waals surface area contributed by atoms with Crippen LogP contribution in [-0.2, 0) is 9.47 Å². The minimum Gasteiger partial charge on any atom is -0.383 e. The van der Waals surface area contributed by atoms with E-state index in [2.05, 4.69) is 5.32 Å². The Morgan fingerprint density at radius 2 is 2.32 bits per heavy atom. The molecule has 1 aliphatic rings. The largest absolute Gasteiger partial charge is 0.383 e. The number of rotatable bonds is 6. The van der Waals surface area contributed by atoms with E-state index in [1.54, 1.807) is 7.11 Å². The zero-order valence-electron chi connectivity index (χ0n) is 11.0. The van der Waals surface area contributed by atoms with Crippen molar-refractivity contribution in [3.05, 3.63) is 33.8 Å². The van der Waals surface area contributed by atoms with E-state index in [1.165, 1.54) is 0 Å². The molecule has 0 aromatic heterocycles. The summed E-state index contributed by atoms with van der Waals surface area (Å²) in [6.07, 6.45) is 1.04. The van der Waals surface area contributed by atoms with Gasteiger partial charge in [-0.3, -0.25) is 0 Å². The van der Waals surface area contributed by atoms with Gasteiger partial charge in [-0.1, -0.05) is 23.2 Å². The average molecular weight is 304 g/mol. The van der Waals surface area contributed by atoms with E-state index in [4.69, 9.17) is 32.7 Å². The molecular weight excluding hydrogens is 285 g/mol. The zero-order valence-corrected chi connectivity index (χ0v) is 12.5. The third kappa shape index (κ3) is 4.07. The quantitative estimate of drug-likeness (QED) is 0.818. The highest BCUT2D eigenvalue weighted by molar-refractivity contribution is 6.33. The lowest BCUT2D eigenvalue weighted by Gasteiger charge is -2.25. The van der Waals surface area contributed by atoms with E-state index in [-0.39, 0.29) is 6.04 Å². The molecule has 0 saturated carbocycles. The number of hydrogen-bond donors (Lipinski definition) is 1. The molecule has 0 aliphatic carbocycles. The number of halogens is 2. The molecule has 0 radical (unpaired) electrons. The van der Waals surface area contributed by atoms with E-state index in [9.17, 15) is 0 Å². The van der Waals surface area contributed by atoms with Gasteiger partial charge in [0.2, 0.25) is 0 Å². The Morgan fingerprint density at radius 1 is 1.47 bits per heavy atom. The molecule has 2 unspecified atom stereocenters. The van der Waals surface area contributed by atoms with Crippen molar-refractivity contribution in [3.63, 3.8) is 0 Å². The lowest BCUT2D eigenvalue weighted by atomic mass is 9.92. The summed E-state index contributed by atoms with van der Waals surface area (Å²) in [5, 5.41) is 4.95. The van der Waals surface area contributed by atoms with Crippen molar-refractivity contribution in [1.29, 1.82) is 0 Å². The van der Waals surface area contributed by atoms with Crippen LogP contribution in [0.2, 0.25) is 10.0 Å². The van der Waals surface area contributed by atoms with Gasteiger partial charge in [0, 0.05) is 42.3 Å². The number of hydrogen-bond acceptors (Lipinski definition) is 3. The monoisotopic (exact) mass is 303 g/mol. The fourth-order valence-electron chi connectivity index (χ4n) is 2.42. The predicted octanol–water partition coefficient (Wildman–Crippen LogP) is 3.31. The summed E-state index contributed by atoms with van der Waals surface area (Å²) in [7, 11) is 1.70. The highest BCUT2D eigenvalue weighted by atomic mass is 35.5. The lowest BCUT2D eigenvalue weighted by Crippen LogP contribution is -2.31. The molecule has 1 saturated heterocycles. The molecule has 5 heteroatoms. The summed E-state index contributed by atoms with van der Waals surface area (Å²) in [5.41, 5.74) is 1.04. The van der Waals surface area contributed by atoms with Gasteiger partial charge in [-0.05, 0) is 30.2 Å². The Hall–Kier alpha value is -0.320. The van der Waals surface area contributed by atoms with Gasteiger partial charge in [0.1, 0.15) is 0 Å². The lowest BCUT2D eigenvalue weighted by molar-refractivity contribution is 0.168. The third-order valence-electron chi connectivity index (χ3n) is 3.40. The van der Waals surface area contributed by atoms with Crippen molar-refractivity contribution in [2.24, 2.45) is 5.92 Å². The van der Waals surface area contributed by atoms with Crippen LogP contribution in [0, 0.1) is 5.92 Å². The van der Waals surface area contributed by atoms with Crippen LogP contribution in [0.3, 0.4) is 0 Å². The molecule has 106 valence electrons. The van der Waals surface area contributed by atoms with Crippen LogP contribution in [0.25, 0.3) is 0 Å². The van der Waals surface area contributed by atoms with Crippen LogP contribution in [0.4, 0.5) is 0 Å². The van der Waals surface area contributed by atoms with Gasteiger partial charge in [0.25, 0.3) is 0 Å². The second kappa shape index (κ2) is 7.46. The van der Waals surface area contributed by atoms with Gasteiger partial charge < -0.3 is 14.8 Å². The number of nitrogens with one attached hydrogen (secondary N) is 1. The van der Waals surface area contributed by atoms with Crippen LogP contribution in [-0.4, -0.2) is 33.5 Å². The molecule has 2 atom stereocenters. The molecule has 1 fully saturated rings. The van der Waals surface area contributed by atoms with E-state index < -0.39 is 0 Å². The summed E-state index contributed by atoms with van der Waals surface area (Å²) in [4.78, 5) is 0. The van der Waals surface area contributed by atoms with Crippen molar-refractivity contribution in [2.45, 2.75) is 12.5 Å². The molecule has 3 nitrogen and oxygen atoms in total. The van der Waals surface area contributed by atoms with Gasteiger partial charge in [-0.15, -0.1) is 0 Å². The van der Waals surface area contributed by atoms with Gasteiger partial charge >= 0.3 is 0 Å². The Morgan fingerprint density at radius 3 is 3.00 bits per heavy atom. The maximum Gasteiger partial charge on any atom is 0.0587 e. The third-order valence-corrected chi connectivity index (χ3v) is 3.98. The van der Waals surface area contributed by atoms with Gasteiger partial charge in [0.05, 0.1) is 13.2 Å². The van der Waals surface area contributed by atoms with Crippen LogP contribution in [0.1, 0.15) is 18.0 Å². The summed E-state index contributed by atoms with van der Waals surface area (Å²) in [6, 6.07) is 5.75. The van der Waals surface area contributed by atoms with Crippen molar-refractivity contribution < 1.29 is 9.47 Å². The second-order valence-corrected chi connectivity index (χ2v) is 5.56. The molecule has 1 heterocycles. The first kappa shape index (κ1) is 15.1. The van der Waals surface area contributed by atoms with Crippen molar-refractivity contribution in [2.75, 3.05) is 33.5 Å². The number of benzene rings is 1. The summed E-state index contributed by atoms with van der Waals surface area (Å²) in [6.45, 7) is 3.02. The first-order chi connectivity index (χ1) is 9.22. The molecule has 0 amide bonds. The van der Waals surface area contributed by atoms with Crippen LogP contribution < -0.4 is 5.32 Å². The van der Waals surface area contributed by atoms with Gasteiger partial charge in [0.15, 0.2) is 0 Å². The molecular formula is C14H19Cl2NO2. The highest BCUT2D eigenvalue weighted by Gasteiger charge is 2.28. The first-order valence-corrected chi connectivity index (χ1v) is 7.23. The van der Waals surface area contributed by atoms with Crippen molar-refractivity contribution >= 4 is 23.2 Å². The molecule has 1 aliphatic heterocycles. The molecule has 19 heavy (non-hydrogen) atoms. The summed E-state index contributed by atoms with van der Waals surface area (Å²) >= 11 is 12.4. The van der Waals surface area contributed by atoms with Crippen LogP contribution in [0.15, 0.2) is 18.2 Å². The van der Waals surface area contributed by atoms with Crippen molar-refractivity contribution in [1.82, 2.24) is 5.32 Å². The molecule has 1 N–H and O–H groups in total. The fourth-order valence-corrected chi connectivity index (χ4v) is 2.83. The minimum atomic E-state index is 0.156. The van der Waals surface area contributed by atoms with E-state index in [1.807, 2.05) is 18.2 Å². The summed E-state index contributed by atoms with van der Waals surface area (Å²) < 4.78 is 10.6. The SMILES string of the molecule is COCCNC(c1cc(Cl)ccc1Cl)C1CCOC1. The molecule has 0 spiro atoms. The Labute approximate surface area is 124 Å². The maximum atomic E-state index is 6.31. The van der Waals surface area contributed by atoms with E-state index >= 15 is 0 Å². The average Bonchev–Trinajstić information content (AvgIpc) is 2.92. The number of methoxy groups -OCH3 is 1. The van der Waals surface area contributed by atoms with Crippen LogP contribution in [0.5, 0.6) is 0 Å². The molecule has 1 aromatic carbocycles. The smallest absolute Gasteiger partial charge is 0.0587 e. The maximum absolute atomic E-state index is 6.31. The highest BCUT2D eigenvalue weighted by Crippen LogP contribution is 2.34. The predicted molar refractivity (Wildman–Crippen MR) is 78.0 cm³/mol. The van der Waals surface area contributed by atoms with Crippen LogP contribution >= 0.6 is 23.2 Å². The zero-order chi connectivity index (χ0) is 13.7. The van der Waals surface area contributed by atoms with E-state index in [0.29, 0.717) is 17.5 Å². The number of ether oxygens (including phenoxy) is 2. The Bertz CT molecular complexity index is 408. The van der Waals surface area contributed by atoms with Gasteiger partial charge in [-0.2, -0.15) is 0 Å². The Balaban J connectivity index is 2.17. The molecule has 2 rings (SSSR count). The topological polar surface area (TPSA) is 30.5 Å². The summed E-state index contributed by atoms with van der Waals surface area (Å²) in [5.74, 6) is 0.424. The van der Waals surface area contributed by atoms with Crippen molar-refractivity contribution in [3.8, 4) is 0 Å². The normalized spacial score (nSPS) is 20.7. The molecule has 1 aromatic rings. The minimum absolute atomic E-state index is 0.156. The van der Waals surface area contributed by atoms with Gasteiger partial charge in [-0.25, -0.2) is 0 Å². The molecule has 0 bridgehead atoms. The Kier molecular flexibility index (Phi) is 5.92. The standard InChI is InChI=1S/C14H19Cl2NO2/c1-18-7-5-17-14(10-4-6-19-9-10)12-8-11(15)2-3-13(12)16/h2-3,8,10,14,17H,4-7,9H2,1H3. The fraction of sp³-hybridized carbons (Fsp3) is 0.571. The first-order valence-electron chi connectivity index (χ1n) is 6.47. The second-order valence-electron chi connectivity index (χ2n) is 4.71.